The molecule has 0 spiro atoms. The first-order chi connectivity index (χ1) is 4.52. The molecule has 58 valence electrons. The number of hydrogen-bond acceptors (Lipinski definition) is 0. The van der Waals surface area contributed by atoms with E-state index in [1.165, 1.54) is 0 Å². The van der Waals surface area contributed by atoms with Crippen molar-refractivity contribution in [3.8, 4) is 12.3 Å². The molecular weight excluding hydrogens is 141 g/mol. The van der Waals surface area contributed by atoms with Gasteiger partial charge in [-0.3, -0.25) is 0 Å². The average Bonchev–Trinajstić information content (AvgIpc) is 1.80. The van der Waals surface area contributed by atoms with Crippen molar-refractivity contribution >= 4 is 0 Å². The second kappa shape index (κ2) is 3.50. The van der Waals surface area contributed by atoms with Gasteiger partial charge in [0.05, 0.1) is 0 Å². The predicted octanol–water partition coefficient (Wildman–Crippen LogP) is 2.60. The van der Waals surface area contributed by atoms with Gasteiger partial charge in [0.25, 0.3) is 0 Å². The lowest BCUT2D eigenvalue weighted by atomic mass is 10.1. The number of halogens is 3. The number of alkyl halides is 3. The third kappa shape index (κ3) is 2.77. The van der Waals surface area contributed by atoms with E-state index in [1.54, 1.807) is 12.8 Å². The lowest BCUT2D eigenvalue weighted by molar-refractivity contribution is -0.159. The normalized spacial score (nSPS) is 14.3. The molecule has 0 nitrogen and oxygen atoms in total. The minimum absolute atomic E-state index is 0.0278. The highest BCUT2D eigenvalue weighted by atomic mass is 19.4. The second-order valence-electron chi connectivity index (χ2n) is 2.05. The van der Waals surface area contributed by atoms with Crippen molar-refractivity contribution in [1.82, 2.24) is 0 Å². The van der Waals surface area contributed by atoms with Gasteiger partial charge in [0.2, 0.25) is 0 Å². The van der Waals surface area contributed by atoms with Crippen molar-refractivity contribution in [3.05, 3.63) is 0 Å². The summed E-state index contributed by atoms with van der Waals surface area (Å²) in [6.07, 6.45) is 0.952. The van der Waals surface area contributed by atoms with Crippen molar-refractivity contribution < 1.29 is 13.2 Å². The van der Waals surface area contributed by atoms with Gasteiger partial charge in [-0.2, -0.15) is 13.2 Å². The van der Waals surface area contributed by atoms with E-state index in [9.17, 15) is 13.2 Å². The molecule has 0 radical (unpaired) electrons. The van der Waals surface area contributed by atoms with Gasteiger partial charge in [-0.25, -0.2) is 0 Å². The molecule has 0 saturated heterocycles. The van der Waals surface area contributed by atoms with Crippen LogP contribution in [0.25, 0.3) is 0 Å². The summed E-state index contributed by atoms with van der Waals surface area (Å²) >= 11 is 0. The smallest absolute Gasteiger partial charge is 0.170 e. The SMILES string of the molecule is C#CC(CCC)C(F)(F)F. The molecule has 0 aliphatic rings. The van der Waals surface area contributed by atoms with Crippen LogP contribution in [0.1, 0.15) is 19.8 Å². The minimum atomic E-state index is -4.22. The highest BCUT2D eigenvalue weighted by molar-refractivity contribution is 4.96. The maximum atomic E-state index is 11.8. The number of terminal acetylenes is 1. The minimum Gasteiger partial charge on any atom is -0.170 e. The summed E-state index contributed by atoms with van der Waals surface area (Å²) in [7, 11) is 0. The Balaban J connectivity index is 3.98. The lowest BCUT2D eigenvalue weighted by Crippen LogP contribution is -2.20. The molecule has 0 amide bonds. The fourth-order valence-electron chi connectivity index (χ4n) is 0.630. The van der Waals surface area contributed by atoms with Gasteiger partial charge < -0.3 is 0 Å². The van der Waals surface area contributed by atoms with Crippen LogP contribution in [0.2, 0.25) is 0 Å². The van der Waals surface area contributed by atoms with Crippen LogP contribution in [-0.2, 0) is 0 Å². The van der Waals surface area contributed by atoms with Crippen molar-refractivity contribution in [2.45, 2.75) is 25.9 Å². The fourth-order valence-corrected chi connectivity index (χ4v) is 0.630. The molecule has 0 heterocycles. The van der Waals surface area contributed by atoms with Gasteiger partial charge in [0, 0.05) is 0 Å². The van der Waals surface area contributed by atoms with Crippen LogP contribution >= 0.6 is 0 Å². The third-order valence-electron chi connectivity index (χ3n) is 1.17. The summed E-state index contributed by atoms with van der Waals surface area (Å²) in [5.41, 5.74) is 0. The summed E-state index contributed by atoms with van der Waals surface area (Å²) in [6, 6.07) is 0. The zero-order chi connectivity index (χ0) is 8.20. The van der Waals surface area contributed by atoms with Gasteiger partial charge in [-0.15, -0.1) is 6.42 Å². The van der Waals surface area contributed by atoms with E-state index in [0.717, 1.165) is 0 Å². The van der Waals surface area contributed by atoms with E-state index < -0.39 is 12.1 Å². The standard InChI is InChI=1S/C7H9F3/c1-3-5-6(4-2)7(8,9)10/h2,6H,3,5H2,1H3. The second-order valence-corrected chi connectivity index (χ2v) is 2.05. The predicted molar refractivity (Wildman–Crippen MR) is 33.3 cm³/mol. The molecule has 0 bridgehead atoms. The summed E-state index contributed by atoms with van der Waals surface area (Å²) in [5, 5.41) is 0. The molecule has 1 unspecified atom stereocenters. The third-order valence-corrected chi connectivity index (χ3v) is 1.17. The molecule has 0 saturated carbocycles. The van der Waals surface area contributed by atoms with Gasteiger partial charge >= 0.3 is 6.18 Å². The first-order valence-corrected chi connectivity index (χ1v) is 3.05. The Morgan fingerprint density at radius 2 is 2.00 bits per heavy atom. The van der Waals surface area contributed by atoms with Crippen molar-refractivity contribution in [3.63, 3.8) is 0 Å². The van der Waals surface area contributed by atoms with E-state index >= 15 is 0 Å². The van der Waals surface area contributed by atoms with E-state index in [1.807, 2.05) is 0 Å². The van der Waals surface area contributed by atoms with Crippen molar-refractivity contribution in [2.24, 2.45) is 5.92 Å². The quantitative estimate of drug-likeness (QED) is 0.531. The highest BCUT2D eigenvalue weighted by Crippen LogP contribution is 2.28. The first-order valence-electron chi connectivity index (χ1n) is 3.05. The Morgan fingerprint density at radius 1 is 1.50 bits per heavy atom. The molecule has 0 rings (SSSR count). The van der Waals surface area contributed by atoms with Crippen LogP contribution in [-0.4, -0.2) is 6.18 Å². The lowest BCUT2D eigenvalue weighted by Gasteiger charge is -2.12. The fraction of sp³-hybridized carbons (Fsp3) is 0.714. The van der Waals surface area contributed by atoms with Crippen LogP contribution in [0.5, 0.6) is 0 Å². The van der Waals surface area contributed by atoms with E-state index in [2.05, 4.69) is 6.42 Å². The molecule has 1 atom stereocenters. The number of hydrogen-bond donors (Lipinski definition) is 0. The van der Waals surface area contributed by atoms with Crippen LogP contribution < -0.4 is 0 Å². The molecular formula is C7H9F3. The van der Waals surface area contributed by atoms with Crippen molar-refractivity contribution in [1.29, 1.82) is 0 Å². The van der Waals surface area contributed by atoms with Gasteiger partial charge in [0.1, 0.15) is 5.92 Å². The molecule has 0 N–H and O–H groups in total. The van der Waals surface area contributed by atoms with E-state index in [-0.39, 0.29) is 6.42 Å². The molecule has 0 aliphatic heterocycles. The maximum Gasteiger partial charge on any atom is 0.402 e. The van der Waals surface area contributed by atoms with Gasteiger partial charge in [-0.05, 0) is 6.42 Å². The highest BCUT2D eigenvalue weighted by Gasteiger charge is 2.37. The largest absolute Gasteiger partial charge is 0.402 e. The Bertz CT molecular complexity index is 129. The van der Waals surface area contributed by atoms with Crippen LogP contribution in [0.15, 0.2) is 0 Å². The van der Waals surface area contributed by atoms with Crippen molar-refractivity contribution in [2.75, 3.05) is 0 Å². The molecule has 3 heteroatoms. The monoisotopic (exact) mass is 150 g/mol. The summed E-state index contributed by atoms with van der Waals surface area (Å²) in [6.45, 7) is 1.68. The molecule has 0 aromatic carbocycles. The van der Waals surface area contributed by atoms with E-state index in [4.69, 9.17) is 0 Å². The zero-order valence-electron chi connectivity index (χ0n) is 5.70. The van der Waals surface area contributed by atoms with Gasteiger partial charge in [0.15, 0.2) is 0 Å². The molecule has 0 fully saturated rings. The Labute approximate surface area is 58.4 Å². The average molecular weight is 150 g/mol. The summed E-state index contributed by atoms with van der Waals surface area (Å²) in [4.78, 5) is 0. The molecule has 10 heavy (non-hydrogen) atoms. The van der Waals surface area contributed by atoms with Crippen LogP contribution in [0, 0.1) is 18.3 Å². The first kappa shape index (κ1) is 9.35. The molecule has 0 aliphatic carbocycles. The summed E-state index contributed by atoms with van der Waals surface area (Å²) in [5.74, 6) is 0.160. The Morgan fingerprint density at radius 3 is 2.10 bits per heavy atom. The summed E-state index contributed by atoms with van der Waals surface area (Å²) < 4.78 is 35.3. The topological polar surface area (TPSA) is 0 Å². The Kier molecular flexibility index (Phi) is 3.27. The number of rotatable bonds is 2. The van der Waals surface area contributed by atoms with Crippen LogP contribution in [0.3, 0.4) is 0 Å². The van der Waals surface area contributed by atoms with Crippen LogP contribution in [0.4, 0.5) is 13.2 Å². The van der Waals surface area contributed by atoms with E-state index in [0.29, 0.717) is 6.42 Å². The Hall–Kier alpha value is -0.650. The molecule has 0 aromatic rings. The molecule has 0 aromatic heterocycles. The maximum absolute atomic E-state index is 11.8. The zero-order valence-corrected chi connectivity index (χ0v) is 5.70. The van der Waals surface area contributed by atoms with Gasteiger partial charge in [-0.1, -0.05) is 19.3 Å².